The van der Waals surface area contributed by atoms with Gasteiger partial charge in [-0.2, -0.15) is 0 Å². The Balaban J connectivity index is 2.56. The van der Waals surface area contributed by atoms with Crippen LogP contribution in [0.1, 0.15) is 31.0 Å². The second kappa shape index (κ2) is 5.08. The van der Waals surface area contributed by atoms with Crippen molar-refractivity contribution in [3.63, 3.8) is 0 Å². The van der Waals surface area contributed by atoms with Gasteiger partial charge < -0.3 is 10.5 Å². The first kappa shape index (κ1) is 11.1. The van der Waals surface area contributed by atoms with Crippen molar-refractivity contribution in [1.29, 1.82) is 0 Å². The molecule has 0 amide bonds. The molecule has 1 aromatic rings. The highest BCUT2D eigenvalue weighted by Crippen LogP contribution is 2.11. The van der Waals surface area contributed by atoms with Crippen LogP contribution in [-0.4, -0.2) is 17.7 Å². The second-order valence-electron chi connectivity index (χ2n) is 3.78. The lowest BCUT2D eigenvalue weighted by Crippen LogP contribution is -2.19. The molecule has 3 nitrogen and oxygen atoms in total. The quantitative estimate of drug-likeness (QED) is 0.795. The maximum Gasteiger partial charge on any atom is 0.0663 e. The van der Waals surface area contributed by atoms with E-state index < -0.39 is 0 Å². The van der Waals surface area contributed by atoms with Crippen LogP contribution in [0.15, 0.2) is 18.5 Å². The highest BCUT2D eigenvalue weighted by Gasteiger charge is 2.07. The van der Waals surface area contributed by atoms with E-state index >= 15 is 0 Å². The lowest BCUT2D eigenvalue weighted by molar-refractivity contribution is 0.0682. The Bertz CT molecular complexity index is 286. The first-order chi connectivity index (χ1) is 6.59. The Morgan fingerprint density at radius 2 is 2.14 bits per heavy atom. The van der Waals surface area contributed by atoms with Gasteiger partial charge in [0.1, 0.15) is 0 Å². The van der Waals surface area contributed by atoms with Crippen LogP contribution >= 0.6 is 0 Å². The van der Waals surface area contributed by atoms with Crippen LogP contribution in [0.4, 0.5) is 0 Å². The molecule has 1 rings (SSSR count). The van der Waals surface area contributed by atoms with Crippen LogP contribution in [0.2, 0.25) is 0 Å². The summed E-state index contributed by atoms with van der Waals surface area (Å²) in [6, 6.07) is 1.96. The fourth-order valence-electron chi connectivity index (χ4n) is 1.17. The van der Waals surface area contributed by atoms with E-state index in [0.717, 1.165) is 11.1 Å². The van der Waals surface area contributed by atoms with Crippen molar-refractivity contribution >= 4 is 0 Å². The zero-order valence-corrected chi connectivity index (χ0v) is 9.03. The molecule has 0 bridgehead atoms. The number of ether oxygens (including phenoxy) is 1. The van der Waals surface area contributed by atoms with Gasteiger partial charge in [-0.1, -0.05) is 6.07 Å². The Morgan fingerprint density at radius 1 is 1.43 bits per heavy atom. The third kappa shape index (κ3) is 3.44. The Morgan fingerprint density at radius 3 is 2.71 bits per heavy atom. The van der Waals surface area contributed by atoms with E-state index in [-0.39, 0.29) is 12.1 Å². The van der Waals surface area contributed by atoms with Gasteiger partial charge in [-0.3, -0.25) is 4.98 Å². The number of pyridine rings is 1. The molecular weight excluding hydrogens is 176 g/mol. The number of hydrogen-bond acceptors (Lipinski definition) is 3. The van der Waals surface area contributed by atoms with E-state index in [1.165, 1.54) is 0 Å². The van der Waals surface area contributed by atoms with E-state index in [1.807, 2.05) is 33.0 Å². The highest BCUT2D eigenvalue weighted by molar-refractivity contribution is 5.19. The van der Waals surface area contributed by atoms with Gasteiger partial charge in [0.25, 0.3) is 0 Å². The van der Waals surface area contributed by atoms with Crippen LogP contribution in [-0.2, 0) is 4.74 Å². The van der Waals surface area contributed by atoms with Crippen molar-refractivity contribution in [2.75, 3.05) is 6.61 Å². The number of aromatic nitrogens is 1. The summed E-state index contributed by atoms with van der Waals surface area (Å²) in [5.74, 6) is 0. The third-order valence-corrected chi connectivity index (χ3v) is 1.93. The summed E-state index contributed by atoms with van der Waals surface area (Å²) in [4.78, 5) is 4.10. The van der Waals surface area contributed by atoms with Crippen LogP contribution in [0, 0.1) is 6.92 Å². The van der Waals surface area contributed by atoms with Crippen molar-refractivity contribution in [2.24, 2.45) is 5.73 Å². The predicted molar refractivity (Wildman–Crippen MR) is 57.0 cm³/mol. The molecule has 0 radical (unpaired) electrons. The van der Waals surface area contributed by atoms with Gasteiger partial charge in [0.2, 0.25) is 0 Å². The average Bonchev–Trinajstić information content (AvgIpc) is 2.14. The topological polar surface area (TPSA) is 48.1 Å². The molecule has 14 heavy (non-hydrogen) atoms. The summed E-state index contributed by atoms with van der Waals surface area (Å²) < 4.78 is 5.45. The highest BCUT2D eigenvalue weighted by atomic mass is 16.5. The van der Waals surface area contributed by atoms with E-state index in [4.69, 9.17) is 10.5 Å². The van der Waals surface area contributed by atoms with Crippen molar-refractivity contribution in [3.05, 3.63) is 29.6 Å². The zero-order chi connectivity index (χ0) is 10.6. The zero-order valence-electron chi connectivity index (χ0n) is 9.03. The molecule has 0 fully saturated rings. The first-order valence-corrected chi connectivity index (χ1v) is 4.88. The van der Waals surface area contributed by atoms with Gasteiger partial charge in [0.05, 0.1) is 18.8 Å². The minimum Gasteiger partial charge on any atom is -0.377 e. The summed E-state index contributed by atoms with van der Waals surface area (Å²) in [5.41, 5.74) is 8.11. The molecule has 0 aliphatic carbocycles. The lowest BCUT2D eigenvalue weighted by Gasteiger charge is -2.14. The summed E-state index contributed by atoms with van der Waals surface area (Å²) >= 11 is 0. The average molecular weight is 194 g/mol. The van der Waals surface area contributed by atoms with E-state index in [2.05, 4.69) is 4.98 Å². The third-order valence-electron chi connectivity index (χ3n) is 1.93. The van der Waals surface area contributed by atoms with Crippen molar-refractivity contribution < 1.29 is 4.74 Å². The number of nitrogens with two attached hydrogens (primary N) is 1. The largest absolute Gasteiger partial charge is 0.377 e. The normalized spacial score (nSPS) is 13.2. The second-order valence-corrected chi connectivity index (χ2v) is 3.78. The lowest BCUT2D eigenvalue weighted by atomic mass is 10.1. The van der Waals surface area contributed by atoms with E-state index in [1.54, 1.807) is 6.20 Å². The number of rotatable bonds is 4. The van der Waals surface area contributed by atoms with Crippen LogP contribution < -0.4 is 5.73 Å². The Labute approximate surface area is 85.3 Å². The Kier molecular flexibility index (Phi) is 4.04. The molecular formula is C11H18N2O. The molecule has 0 saturated heterocycles. The maximum atomic E-state index is 5.95. The molecule has 0 aliphatic rings. The summed E-state index contributed by atoms with van der Waals surface area (Å²) in [6.07, 6.45) is 3.83. The molecule has 1 atom stereocenters. The summed E-state index contributed by atoms with van der Waals surface area (Å²) in [7, 11) is 0. The van der Waals surface area contributed by atoms with Gasteiger partial charge in [0.15, 0.2) is 0 Å². The van der Waals surface area contributed by atoms with E-state index in [0.29, 0.717) is 6.61 Å². The van der Waals surface area contributed by atoms with Gasteiger partial charge >= 0.3 is 0 Å². The molecule has 0 aliphatic heterocycles. The molecule has 3 heteroatoms. The fourth-order valence-corrected chi connectivity index (χ4v) is 1.17. The van der Waals surface area contributed by atoms with Crippen LogP contribution in [0.5, 0.6) is 0 Å². The summed E-state index contributed by atoms with van der Waals surface area (Å²) in [6.45, 7) is 6.55. The minimum absolute atomic E-state index is 0.0789. The van der Waals surface area contributed by atoms with Crippen LogP contribution in [0.3, 0.4) is 0 Å². The van der Waals surface area contributed by atoms with Gasteiger partial charge in [-0.25, -0.2) is 0 Å². The maximum absolute atomic E-state index is 5.95. The molecule has 78 valence electrons. The minimum atomic E-state index is -0.0789. The molecule has 1 unspecified atom stereocenters. The Hall–Kier alpha value is -0.930. The van der Waals surface area contributed by atoms with Gasteiger partial charge in [-0.05, 0) is 31.9 Å². The van der Waals surface area contributed by atoms with Gasteiger partial charge in [0, 0.05) is 12.4 Å². The number of aryl methyl sites for hydroxylation is 1. The smallest absolute Gasteiger partial charge is 0.0663 e. The first-order valence-electron chi connectivity index (χ1n) is 4.88. The van der Waals surface area contributed by atoms with E-state index in [9.17, 15) is 0 Å². The molecule has 0 saturated carbocycles. The van der Waals surface area contributed by atoms with Crippen molar-refractivity contribution in [2.45, 2.75) is 32.9 Å². The number of nitrogens with zero attached hydrogens (tertiary/aromatic N) is 1. The number of hydrogen-bond donors (Lipinski definition) is 1. The predicted octanol–water partition coefficient (Wildman–Crippen LogP) is 1.81. The van der Waals surface area contributed by atoms with Crippen LogP contribution in [0.25, 0.3) is 0 Å². The fraction of sp³-hybridized carbons (Fsp3) is 0.545. The molecule has 0 spiro atoms. The standard InChI is InChI=1S/C11H18N2O/c1-8(2)14-7-11(12)10-4-9(3)5-13-6-10/h4-6,8,11H,7,12H2,1-3H3. The molecule has 1 heterocycles. The molecule has 1 aromatic heterocycles. The molecule has 2 N–H and O–H groups in total. The van der Waals surface area contributed by atoms with Crippen molar-refractivity contribution in [3.8, 4) is 0 Å². The molecule has 0 aromatic carbocycles. The monoisotopic (exact) mass is 194 g/mol. The SMILES string of the molecule is Cc1cncc(C(N)COC(C)C)c1. The van der Waals surface area contributed by atoms with Gasteiger partial charge in [-0.15, -0.1) is 0 Å². The summed E-state index contributed by atoms with van der Waals surface area (Å²) in [5, 5.41) is 0. The van der Waals surface area contributed by atoms with Crippen molar-refractivity contribution in [1.82, 2.24) is 4.98 Å².